The Labute approximate surface area is 122 Å². The lowest BCUT2D eigenvalue weighted by Crippen LogP contribution is -2.51. The zero-order chi connectivity index (χ0) is 13.2. The van der Waals surface area contributed by atoms with E-state index in [-0.39, 0.29) is 10.8 Å². The van der Waals surface area contributed by atoms with Gasteiger partial charge in [-0.05, 0) is 24.1 Å². The highest BCUT2D eigenvalue weighted by Gasteiger charge is 2.34. The second kappa shape index (κ2) is 6.00. The van der Waals surface area contributed by atoms with Gasteiger partial charge in [0, 0.05) is 36.7 Å². The van der Waals surface area contributed by atoms with E-state index in [9.17, 15) is 4.39 Å². The normalized spacial score (nSPS) is 28.1. The molecule has 2 aliphatic rings. The van der Waals surface area contributed by atoms with Crippen molar-refractivity contribution < 1.29 is 9.13 Å². The summed E-state index contributed by atoms with van der Waals surface area (Å²) in [5.74, 6) is 0.801. The van der Waals surface area contributed by atoms with Crippen molar-refractivity contribution in [2.45, 2.75) is 24.3 Å². The molecule has 0 saturated carbocycles. The minimum Gasteiger partial charge on any atom is -0.380 e. The number of hydrogen-bond acceptors (Lipinski definition) is 3. The molecule has 2 heterocycles. The first-order valence-corrected chi connectivity index (χ1v) is 8.04. The van der Waals surface area contributed by atoms with Gasteiger partial charge in [0.25, 0.3) is 0 Å². The van der Waals surface area contributed by atoms with Crippen LogP contribution in [0.15, 0.2) is 18.2 Å². The third-order valence-corrected chi connectivity index (χ3v) is 5.42. The molecular weight excluding hydrogens is 285 g/mol. The smallest absolute Gasteiger partial charge is 0.142 e. The number of fused-ring (bicyclic) bond motifs is 1. The second-order valence-electron chi connectivity index (χ2n) is 5.06. The molecule has 1 aromatic rings. The van der Waals surface area contributed by atoms with Gasteiger partial charge in [-0.25, -0.2) is 4.39 Å². The zero-order valence-corrected chi connectivity index (χ0v) is 12.2. The van der Waals surface area contributed by atoms with E-state index >= 15 is 0 Å². The van der Waals surface area contributed by atoms with Crippen LogP contribution in [0, 0.1) is 5.82 Å². The minimum atomic E-state index is -0.325. The lowest BCUT2D eigenvalue weighted by molar-refractivity contribution is 0.0351. The summed E-state index contributed by atoms with van der Waals surface area (Å²) in [7, 11) is 0. The minimum absolute atomic E-state index is 0.196. The van der Waals surface area contributed by atoms with Crippen LogP contribution in [0.5, 0.6) is 0 Å². The van der Waals surface area contributed by atoms with E-state index in [0.29, 0.717) is 11.3 Å². The molecule has 0 aliphatic carbocycles. The fraction of sp³-hybridized carbons (Fsp3) is 0.571. The van der Waals surface area contributed by atoms with Crippen LogP contribution < -0.4 is 0 Å². The second-order valence-corrected chi connectivity index (χ2v) is 6.81. The van der Waals surface area contributed by atoms with Gasteiger partial charge in [-0.2, -0.15) is 11.8 Å². The topological polar surface area (TPSA) is 12.5 Å². The number of ether oxygens (including phenoxy) is 1. The molecule has 2 atom stereocenters. The van der Waals surface area contributed by atoms with Crippen LogP contribution in [-0.4, -0.2) is 41.7 Å². The summed E-state index contributed by atoms with van der Waals surface area (Å²) >= 11 is 7.73. The van der Waals surface area contributed by atoms with E-state index in [0.717, 1.165) is 44.0 Å². The van der Waals surface area contributed by atoms with Crippen molar-refractivity contribution in [3.8, 4) is 0 Å². The van der Waals surface area contributed by atoms with E-state index < -0.39 is 0 Å². The molecule has 104 valence electrons. The molecule has 3 rings (SSSR count). The largest absolute Gasteiger partial charge is 0.380 e. The predicted molar refractivity (Wildman–Crippen MR) is 77.3 cm³/mol. The van der Waals surface area contributed by atoms with Crippen LogP contribution >= 0.6 is 23.4 Å². The van der Waals surface area contributed by atoms with Crippen LogP contribution in [0.1, 0.15) is 12.0 Å². The van der Waals surface area contributed by atoms with Crippen molar-refractivity contribution in [3.63, 3.8) is 0 Å². The van der Waals surface area contributed by atoms with Crippen LogP contribution in [0.4, 0.5) is 4.39 Å². The molecule has 5 heteroatoms. The first kappa shape index (κ1) is 13.7. The molecule has 0 aromatic heterocycles. The summed E-state index contributed by atoms with van der Waals surface area (Å²) in [6, 6.07) is 5.68. The third-order valence-electron chi connectivity index (χ3n) is 3.82. The van der Waals surface area contributed by atoms with Gasteiger partial charge >= 0.3 is 0 Å². The van der Waals surface area contributed by atoms with Crippen LogP contribution in [0.2, 0.25) is 5.02 Å². The van der Waals surface area contributed by atoms with E-state index in [2.05, 4.69) is 4.90 Å². The van der Waals surface area contributed by atoms with Gasteiger partial charge in [0.15, 0.2) is 0 Å². The maximum atomic E-state index is 13.5. The van der Waals surface area contributed by atoms with Crippen molar-refractivity contribution in [3.05, 3.63) is 34.6 Å². The molecule has 2 aliphatic heterocycles. The lowest BCUT2D eigenvalue weighted by Gasteiger charge is -2.43. The summed E-state index contributed by atoms with van der Waals surface area (Å²) in [5.41, 5.74) is 0.999. The number of halogens is 2. The molecule has 0 bridgehead atoms. The standard InChI is InChI=1S/C14H17ClFNOS/c15-11-2-1-10(7-12(11)16)8-17-4-6-19-14-9-18-5-3-13(14)17/h1-2,7,13-14H,3-6,8-9H2/t13-,14-/m1/s1. The molecular formula is C14H17ClFNOS. The Morgan fingerprint density at radius 2 is 2.37 bits per heavy atom. The van der Waals surface area contributed by atoms with Crippen molar-refractivity contribution in [1.29, 1.82) is 0 Å². The monoisotopic (exact) mass is 301 g/mol. The summed E-state index contributed by atoms with van der Waals surface area (Å²) in [6.45, 7) is 3.56. The van der Waals surface area contributed by atoms with Crippen molar-refractivity contribution in [2.75, 3.05) is 25.5 Å². The molecule has 19 heavy (non-hydrogen) atoms. The Hall–Kier alpha value is -0.290. The maximum absolute atomic E-state index is 13.5. The number of benzene rings is 1. The van der Waals surface area contributed by atoms with E-state index in [1.54, 1.807) is 12.1 Å². The van der Waals surface area contributed by atoms with Crippen LogP contribution in [0.3, 0.4) is 0 Å². The number of hydrogen-bond donors (Lipinski definition) is 0. The summed E-state index contributed by atoms with van der Waals surface area (Å²) < 4.78 is 19.0. The Balaban J connectivity index is 1.72. The first-order chi connectivity index (χ1) is 9.24. The van der Waals surface area contributed by atoms with Crippen LogP contribution in [0.25, 0.3) is 0 Å². The number of thioether (sulfide) groups is 1. The molecule has 0 unspecified atom stereocenters. The highest BCUT2D eigenvalue weighted by molar-refractivity contribution is 8.00. The summed E-state index contributed by atoms with van der Waals surface area (Å²) in [6.07, 6.45) is 1.08. The fourth-order valence-corrected chi connectivity index (χ4v) is 4.32. The molecule has 0 spiro atoms. The van der Waals surface area contributed by atoms with E-state index in [4.69, 9.17) is 16.3 Å². The summed E-state index contributed by atoms with van der Waals surface area (Å²) in [4.78, 5) is 2.46. The highest BCUT2D eigenvalue weighted by Crippen LogP contribution is 2.31. The Morgan fingerprint density at radius 3 is 3.21 bits per heavy atom. The average molecular weight is 302 g/mol. The highest BCUT2D eigenvalue weighted by atomic mass is 35.5. The van der Waals surface area contributed by atoms with Gasteiger partial charge in [-0.3, -0.25) is 4.90 Å². The SMILES string of the molecule is Fc1cc(CN2CCS[C@@H]3COCC[C@H]32)ccc1Cl. The quantitative estimate of drug-likeness (QED) is 0.832. The van der Waals surface area contributed by atoms with Gasteiger partial charge in [-0.15, -0.1) is 0 Å². The van der Waals surface area contributed by atoms with Crippen LogP contribution in [-0.2, 0) is 11.3 Å². The van der Waals surface area contributed by atoms with Crippen molar-refractivity contribution in [1.82, 2.24) is 4.90 Å². The van der Waals surface area contributed by atoms with Crippen molar-refractivity contribution >= 4 is 23.4 Å². The molecule has 2 saturated heterocycles. The Morgan fingerprint density at radius 1 is 1.47 bits per heavy atom. The van der Waals surface area contributed by atoms with E-state index in [1.807, 2.05) is 17.8 Å². The molecule has 1 aromatic carbocycles. The molecule has 0 N–H and O–H groups in total. The lowest BCUT2D eigenvalue weighted by atomic mass is 10.0. The molecule has 0 amide bonds. The number of nitrogens with zero attached hydrogens (tertiary/aromatic N) is 1. The van der Waals surface area contributed by atoms with Gasteiger partial charge in [0.2, 0.25) is 0 Å². The number of rotatable bonds is 2. The Bertz CT molecular complexity index is 457. The molecule has 0 radical (unpaired) electrons. The Kier molecular flexibility index (Phi) is 4.32. The van der Waals surface area contributed by atoms with Gasteiger partial charge in [0.05, 0.1) is 11.6 Å². The first-order valence-electron chi connectivity index (χ1n) is 6.61. The van der Waals surface area contributed by atoms with Crippen molar-refractivity contribution in [2.24, 2.45) is 0 Å². The molecule has 2 fully saturated rings. The van der Waals surface area contributed by atoms with E-state index in [1.165, 1.54) is 0 Å². The zero-order valence-electron chi connectivity index (χ0n) is 10.6. The fourth-order valence-electron chi connectivity index (χ4n) is 2.83. The van der Waals surface area contributed by atoms with Gasteiger partial charge in [-0.1, -0.05) is 17.7 Å². The van der Waals surface area contributed by atoms with Gasteiger partial charge < -0.3 is 4.74 Å². The average Bonchev–Trinajstić information content (AvgIpc) is 2.43. The maximum Gasteiger partial charge on any atom is 0.142 e. The summed E-state index contributed by atoms with van der Waals surface area (Å²) in [5, 5.41) is 0.765. The third kappa shape index (κ3) is 3.07. The van der Waals surface area contributed by atoms with Gasteiger partial charge in [0.1, 0.15) is 5.82 Å². The predicted octanol–water partition coefficient (Wildman–Crippen LogP) is 3.19. The molecule has 2 nitrogen and oxygen atoms in total.